The van der Waals surface area contributed by atoms with Gasteiger partial charge in [-0.15, -0.1) is 0 Å². The van der Waals surface area contributed by atoms with E-state index in [0.29, 0.717) is 13.0 Å². The van der Waals surface area contributed by atoms with Crippen molar-refractivity contribution in [3.63, 3.8) is 0 Å². The number of hydrogen-bond donors (Lipinski definition) is 1. The van der Waals surface area contributed by atoms with Gasteiger partial charge in [0.25, 0.3) is 5.92 Å². The van der Waals surface area contributed by atoms with Gasteiger partial charge in [-0.2, -0.15) is 0 Å². The van der Waals surface area contributed by atoms with Gasteiger partial charge in [-0.25, -0.2) is 8.78 Å². The van der Waals surface area contributed by atoms with Crippen LogP contribution in [0.15, 0.2) is 0 Å². The Kier molecular flexibility index (Phi) is 3.40. The minimum absolute atomic E-state index is 0.0207. The van der Waals surface area contributed by atoms with Crippen LogP contribution in [0.4, 0.5) is 8.78 Å². The fraction of sp³-hybridized carbons (Fsp3) is 1.00. The Morgan fingerprint density at radius 2 is 2.17 bits per heavy atom. The maximum atomic E-state index is 13.1. The molecule has 0 aliphatic carbocycles. The minimum atomic E-state index is -2.73. The first-order valence-corrected chi connectivity index (χ1v) is 4.36. The molecular formula is C8H15F2NO. The van der Waals surface area contributed by atoms with Crippen LogP contribution < -0.4 is 5.73 Å². The number of halogens is 2. The summed E-state index contributed by atoms with van der Waals surface area (Å²) in [6, 6.07) is 0. The Morgan fingerprint density at radius 1 is 1.42 bits per heavy atom. The molecule has 72 valence electrons. The third-order valence-electron chi connectivity index (χ3n) is 2.13. The highest BCUT2D eigenvalue weighted by molar-refractivity contribution is 4.80. The standard InChI is InChI=1S/C8H15F2NO/c9-8(10,4-5-11)7-3-1-2-6-12-7/h7H,1-6,11H2. The summed E-state index contributed by atoms with van der Waals surface area (Å²) in [4.78, 5) is 0. The van der Waals surface area contributed by atoms with E-state index in [1.807, 2.05) is 0 Å². The smallest absolute Gasteiger partial charge is 0.274 e. The monoisotopic (exact) mass is 179 g/mol. The Morgan fingerprint density at radius 3 is 2.67 bits per heavy atom. The molecule has 0 spiro atoms. The molecule has 0 bridgehead atoms. The molecule has 1 saturated heterocycles. The summed E-state index contributed by atoms with van der Waals surface area (Å²) in [6.45, 7) is 0.484. The average Bonchev–Trinajstić information content (AvgIpc) is 2.06. The lowest BCUT2D eigenvalue weighted by molar-refractivity contribution is -0.154. The van der Waals surface area contributed by atoms with Gasteiger partial charge in [0.15, 0.2) is 0 Å². The second-order valence-corrected chi connectivity index (χ2v) is 3.15. The first-order valence-electron chi connectivity index (χ1n) is 4.36. The van der Waals surface area contributed by atoms with Crippen molar-refractivity contribution in [2.24, 2.45) is 5.73 Å². The van der Waals surface area contributed by atoms with Crippen molar-refractivity contribution in [2.45, 2.75) is 37.7 Å². The molecule has 1 atom stereocenters. The first-order chi connectivity index (χ1) is 5.67. The lowest BCUT2D eigenvalue weighted by atomic mass is 10.0. The van der Waals surface area contributed by atoms with Crippen molar-refractivity contribution in [3.05, 3.63) is 0 Å². The second kappa shape index (κ2) is 4.14. The molecule has 0 aromatic rings. The number of hydrogen-bond acceptors (Lipinski definition) is 2. The number of rotatable bonds is 3. The molecule has 0 saturated carbocycles. The predicted molar refractivity (Wildman–Crippen MR) is 42.2 cm³/mol. The zero-order chi connectivity index (χ0) is 9.03. The Hall–Kier alpha value is -0.220. The summed E-state index contributed by atoms with van der Waals surface area (Å²) in [5.41, 5.74) is 5.09. The molecule has 1 fully saturated rings. The summed E-state index contributed by atoms with van der Waals surface area (Å²) in [7, 11) is 0. The molecule has 2 nitrogen and oxygen atoms in total. The number of ether oxygens (including phenoxy) is 1. The van der Waals surface area contributed by atoms with Crippen LogP contribution in [0, 0.1) is 0 Å². The third kappa shape index (κ3) is 2.38. The molecule has 1 heterocycles. The summed E-state index contributed by atoms with van der Waals surface area (Å²) in [6.07, 6.45) is 1.04. The van der Waals surface area contributed by atoms with Crippen LogP contribution in [-0.2, 0) is 4.74 Å². The van der Waals surface area contributed by atoms with Crippen molar-refractivity contribution in [1.82, 2.24) is 0 Å². The lowest BCUT2D eigenvalue weighted by Crippen LogP contribution is -2.39. The van der Waals surface area contributed by atoms with Gasteiger partial charge in [-0.1, -0.05) is 0 Å². The van der Waals surface area contributed by atoms with Crippen molar-refractivity contribution >= 4 is 0 Å². The van der Waals surface area contributed by atoms with E-state index in [1.165, 1.54) is 0 Å². The summed E-state index contributed by atoms with van der Waals surface area (Å²) in [5.74, 6) is -2.73. The van der Waals surface area contributed by atoms with Crippen LogP contribution >= 0.6 is 0 Å². The zero-order valence-electron chi connectivity index (χ0n) is 7.06. The Bertz CT molecular complexity index is 135. The normalized spacial score (nSPS) is 25.8. The van der Waals surface area contributed by atoms with Gasteiger partial charge in [-0.3, -0.25) is 0 Å². The van der Waals surface area contributed by atoms with Crippen molar-refractivity contribution in [3.8, 4) is 0 Å². The third-order valence-corrected chi connectivity index (χ3v) is 2.13. The average molecular weight is 179 g/mol. The van der Waals surface area contributed by atoms with E-state index >= 15 is 0 Å². The highest BCUT2D eigenvalue weighted by Gasteiger charge is 2.40. The Labute approximate surface area is 71.1 Å². The van der Waals surface area contributed by atoms with E-state index < -0.39 is 12.0 Å². The van der Waals surface area contributed by atoms with Gasteiger partial charge < -0.3 is 10.5 Å². The minimum Gasteiger partial charge on any atom is -0.372 e. The van der Waals surface area contributed by atoms with Crippen LogP contribution in [0.5, 0.6) is 0 Å². The highest BCUT2D eigenvalue weighted by Crippen LogP contribution is 2.30. The Balaban J connectivity index is 2.41. The molecule has 1 unspecified atom stereocenters. The predicted octanol–water partition coefficient (Wildman–Crippen LogP) is 1.54. The topological polar surface area (TPSA) is 35.2 Å². The van der Waals surface area contributed by atoms with Gasteiger partial charge in [0.2, 0.25) is 0 Å². The van der Waals surface area contributed by atoms with Gasteiger partial charge in [0.05, 0.1) is 0 Å². The van der Waals surface area contributed by atoms with E-state index in [1.54, 1.807) is 0 Å². The molecule has 1 rings (SSSR count). The highest BCUT2D eigenvalue weighted by atomic mass is 19.3. The number of alkyl halides is 2. The van der Waals surface area contributed by atoms with Gasteiger partial charge in [-0.05, 0) is 25.8 Å². The maximum absolute atomic E-state index is 13.1. The van der Waals surface area contributed by atoms with Crippen LogP contribution in [0.3, 0.4) is 0 Å². The van der Waals surface area contributed by atoms with Crippen LogP contribution in [0.1, 0.15) is 25.7 Å². The van der Waals surface area contributed by atoms with E-state index in [4.69, 9.17) is 10.5 Å². The lowest BCUT2D eigenvalue weighted by Gasteiger charge is -2.29. The molecule has 0 radical (unpaired) electrons. The molecule has 4 heteroatoms. The van der Waals surface area contributed by atoms with Gasteiger partial charge >= 0.3 is 0 Å². The van der Waals surface area contributed by atoms with Crippen molar-refractivity contribution in [2.75, 3.05) is 13.2 Å². The molecule has 0 aromatic heterocycles. The van der Waals surface area contributed by atoms with Crippen LogP contribution in [0.2, 0.25) is 0 Å². The zero-order valence-corrected chi connectivity index (χ0v) is 7.06. The SMILES string of the molecule is NCCC(F)(F)C1CCCCO1. The molecule has 2 N–H and O–H groups in total. The van der Waals surface area contributed by atoms with E-state index in [2.05, 4.69) is 0 Å². The van der Waals surface area contributed by atoms with Gasteiger partial charge in [0.1, 0.15) is 6.10 Å². The first kappa shape index (κ1) is 9.86. The summed E-state index contributed by atoms with van der Waals surface area (Å²) in [5, 5.41) is 0. The number of nitrogens with two attached hydrogens (primary N) is 1. The van der Waals surface area contributed by atoms with Crippen molar-refractivity contribution < 1.29 is 13.5 Å². The van der Waals surface area contributed by atoms with Gasteiger partial charge in [0, 0.05) is 13.0 Å². The second-order valence-electron chi connectivity index (χ2n) is 3.15. The molecule has 1 aliphatic rings. The van der Waals surface area contributed by atoms with Crippen LogP contribution in [0.25, 0.3) is 0 Å². The van der Waals surface area contributed by atoms with E-state index in [0.717, 1.165) is 12.8 Å². The molecule has 0 amide bonds. The molecule has 1 aliphatic heterocycles. The fourth-order valence-corrected chi connectivity index (χ4v) is 1.43. The summed E-state index contributed by atoms with van der Waals surface area (Å²) < 4.78 is 31.2. The summed E-state index contributed by atoms with van der Waals surface area (Å²) >= 11 is 0. The van der Waals surface area contributed by atoms with Crippen molar-refractivity contribution in [1.29, 1.82) is 0 Å². The van der Waals surface area contributed by atoms with E-state index in [-0.39, 0.29) is 13.0 Å². The fourth-order valence-electron chi connectivity index (χ4n) is 1.43. The van der Waals surface area contributed by atoms with E-state index in [9.17, 15) is 8.78 Å². The van der Waals surface area contributed by atoms with Crippen LogP contribution in [-0.4, -0.2) is 25.2 Å². The molecule has 12 heavy (non-hydrogen) atoms. The molecular weight excluding hydrogens is 164 g/mol. The quantitative estimate of drug-likeness (QED) is 0.713. The maximum Gasteiger partial charge on any atom is 0.274 e. The molecule has 0 aromatic carbocycles. The largest absolute Gasteiger partial charge is 0.372 e.